The van der Waals surface area contributed by atoms with E-state index in [9.17, 15) is 0 Å². The van der Waals surface area contributed by atoms with E-state index in [1.54, 1.807) is 0 Å². The van der Waals surface area contributed by atoms with E-state index in [0.29, 0.717) is 19.1 Å². The SMILES string of the molecule is CC1(C)OC[C@H](C(O[Si](C)(C)C)C2=CCCCC2CN)O1. The highest BCUT2D eigenvalue weighted by molar-refractivity contribution is 6.69. The molecule has 0 aromatic carbocycles. The molecule has 122 valence electrons. The van der Waals surface area contributed by atoms with E-state index in [4.69, 9.17) is 19.6 Å². The van der Waals surface area contributed by atoms with Gasteiger partial charge in [0.2, 0.25) is 0 Å². The van der Waals surface area contributed by atoms with Gasteiger partial charge in [-0.05, 0) is 70.8 Å². The smallest absolute Gasteiger partial charge is 0.184 e. The molecule has 21 heavy (non-hydrogen) atoms. The molecule has 0 spiro atoms. The van der Waals surface area contributed by atoms with Crippen LogP contribution in [0.1, 0.15) is 33.1 Å². The lowest BCUT2D eigenvalue weighted by Crippen LogP contribution is -2.44. The van der Waals surface area contributed by atoms with Crippen molar-refractivity contribution in [2.45, 2.75) is 70.7 Å². The molecule has 2 unspecified atom stereocenters. The fourth-order valence-electron chi connectivity index (χ4n) is 3.17. The molecule has 0 amide bonds. The van der Waals surface area contributed by atoms with E-state index in [-0.39, 0.29) is 12.2 Å². The van der Waals surface area contributed by atoms with Gasteiger partial charge in [0.15, 0.2) is 14.1 Å². The van der Waals surface area contributed by atoms with Gasteiger partial charge in [-0.2, -0.15) is 0 Å². The second kappa shape index (κ2) is 6.50. The Labute approximate surface area is 130 Å². The van der Waals surface area contributed by atoms with Gasteiger partial charge >= 0.3 is 0 Å². The molecule has 0 aromatic heterocycles. The second-order valence-corrected chi connectivity index (χ2v) is 12.0. The highest BCUT2D eigenvalue weighted by Gasteiger charge is 2.42. The highest BCUT2D eigenvalue weighted by atomic mass is 28.4. The van der Waals surface area contributed by atoms with Crippen LogP contribution >= 0.6 is 0 Å². The molecule has 3 atom stereocenters. The van der Waals surface area contributed by atoms with Crippen LogP contribution in [-0.2, 0) is 13.9 Å². The Morgan fingerprint density at radius 1 is 1.43 bits per heavy atom. The fourth-order valence-corrected chi connectivity index (χ4v) is 4.22. The summed E-state index contributed by atoms with van der Waals surface area (Å²) in [5.74, 6) is -0.0912. The molecular weight excluding hydrogens is 282 g/mol. The van der Waals surface area contributed by atoms with Gasteiger partial charge in [0.25, 0.3) is 0 Å². The Balaban J connectivity index is 2.22. The lowest BCUT2D eigenvalue weighted by Gasteiger charge is -2.36. The monoisotopic (exact) mass is 313 g/mol. The summed E-state index contributed by atoms with van der Waals surface area (Å²) >= 11 is 0. The van der Waals surface area contributed by atoms with Crippen molar-refractivity contribution in [3.8, 4) is 0 Å². The summed E-state index contributed by atoms with van der Waals surface area (Å²) in [6.07, 6.45) is 5.80. The number of allylic oxidation sites excluding steroid dienone is 1. The van der Waals surface area contributed by atoms with Crippen LogP contribution in [0.5, 0.6) is 0 Å². The molecule has 4 nitrogen and oxygen atoms in total. The molecule has 5 heteroatoms. The van der Waals surface area contributed by atoms with Gasteiger partial charge in [-0.15, -0.1) is 0 Å². The molecule has 1 saturated heterocycles. The van der Waals surface area contributed by atoms with Crippen LogP contribution in [-0.4, -0.2) is 39.5 Å². The van der Waals surface area contributed by atoms with Crippen LogP contribution in [0.2, 0.25) is 19.6 Å². The predicted octanol–water partition coefficient (Wildman–Crippen LogP) is 3.04. The van der Waals surface area contributed by atoms with Gasteiger partial charge < -0.3 is 19.6 Å². The summed E-state index contributed by atoms with van der Waals surface area (Å²) in [7, 11) is -1.68. The number of rotatable bonds is 5. The summed E-state index contributed by atoms with van der Waals surface area (Å²) in [5.41, 5.74) is 7.33. The van der Waals surface area contributed by atoms with E-state index in [0.717, 1.165) is 12.8 Å². The molecule has 0 aromatic rings. The Morgan fingerprint density at radius 3 is 2.67 bits per heavy atom. The summed E-state index contributed by atoms with van der Waals surface area (Å²) < 4.78 is 18.4. The lowest BCUT2D eigenvalue weighted by molar-refractivity contribution is -0.147. The molecule has 0 radical (unpaired) electrons. The van der Waals surface area contributed by atoms with Gasteiger partial charge in [0.1, 0.15) is 6.10 Å². The van der Waals surface area contributed by atoms with E-state index in [2.05, 4.69) is 25.7 Å². The summed E-state index contributed by atoms with van der Waals surface area (Å²) in [6, 6.07) is 0. The summed E-state index contributed by atoms with van der Waals surface area (Å²) in [5, 5.41) is 0. The van der Waals surface area contributed by atoms with E-state index < -0.39 is 14.1 Å². The first kappa shape index (κ1) is 17.2. The number of ether oxygens (including phenoxy) is 2. The van der Waals surface area contributed by atoms with Crippen molar-refractivity contribution in [2.24, 2.45) is 11.7 Å². The van der Waals surface area contributed by atoms with Crippen molar-refractivity contribution in [3.63, 3.8) is 0 Å². The predicted molar refractivity (Wildman–Crippen MR) is 87.6 cm³/mol. The molecule has 0 bridgehead atoms. The van der Waals surface area contributed by atoms with Gasteiger partial charge in [-0.25, -0.2) is 0 Å². The van der Waals surface area contributed by atoms with Crippen LogP contribution in [0.4, 0.5) is 0 Å². The van der Waals surface area contributed by atoms with Crippen LogP contribution in [0.15, 0.2) is 11.6 Å². The zero-order valence-corrected chi connectivity index (χ0v) is 15.1. The average Bonchev–Trinajstić information content (AvgIpc) is 2.75. The van der Waals surface area contributed by atoms with Crippen molar-refractivity contribution in [3.05, 3.63) is 11.6 Å². The third kappa shape index (κ3) is 4.63. The van der Waals surface area contributed by atoms with E-state index >= 15 is 0 Å². The number of nitrogens with two attached hydrogens (primary N) is 1. The van der Waals surface area contributed by atoms with E-state index in [1.807, 2.05) is 13.8 Å². The maximum atomic E-state index is 6.50. The van der Waals surface area contributed by atoms with Crippen LogP contribution < -0.4 is 5.73 Å². The fraction of sp³-hybridized carbons (Fsp3) is 0.875. The first-order valence-electron chi connectivity index (χ1n) is 8.11. The third-order valence-corrected chi connectivity index (χ3v) is 5.03. The van der Waals surface area contributed by atoms with Gasteiger partial charge in [0.05, 0.1) is 12.7 Å². The largest absolute Gasteiger partial charge is 0.408 e. The van der Waals surface area contributed by atoms with Crippen molar-refractivity contribution in [1.29, 1.82) is 0 Å². The molecule has 1 aliphatic heterocycles. The molecule has 2 N–H and O–H groups in total. The van der Waals surface area contributed by atoms with Crippen molar-refractivity contribution >= 4 is 8.32 Å². The van der Waals surface area contributed by atoms with Gasteiger partial charge in [-0.3, -0.25) is 0 Å². The molecule has 1 aliphatic carbocycles. The van der Waals surface area contributed by atoms with Crippen LogP contribution in [0.3, 0.4) is 0 Å². The molecule has 0 saturated carbocycles. The Kier molecular flexibility index (Phi) is 5.31. The highest BCUT2D eigenvalue weighted by Crippen LogP contribution is 2.35. The molecule has 1 heterocycles. The Hall–Kier alpha value is -0.203. The molecule has 2 aliphatic rings. The second-order valence-electron chi connectivity index (χ2n) is 7.59. The first-order chi connectivity index (χ1) is 9.72. The lowest BCUT2D eigenvalue weighted by atomic mass is 9.83. The summed E-state index contributed by atoms with van der Waals surface area (Å²) in [4.78, 5) is 0. The van der Waals surface area contributed by atoms with Gasteiger partial charge in [0, 0.05) is 0 Å². The molecule has 2 rings (SSSR count). The first-order valence-corrected chi connectivity index (χ1v) is 11.5. The third-order valence-electron chi connectivity index (χ3n) is 4.07. The minimum absolute atomic E-state index is 0.00714. The maximum Gasteiger partial charge on any atom is 0.184 e. The minimum Gasteiger partial charge on any atom is -0.408 e. The molecule has 1 fully saturated rings. The van der Waals surface area contributed by atoms with Crippen LogP contribution in [0, 0.1) is 5.92 Å². The normalized spacial score (nSPS) is 31.0. The van der Waals surface area contributed by atoms with Crippen LogP contribution in [0.25, 0.3) is 0 Å². The topological polar surface area (TPSA) is 53.7 Å². The minimum atomic E-state index is -1.68. The maximum absolute atomic E-state index is 6.50. The van der Waals surface area contributed by atoms with Crippen molar-refractivity contribution in [2.75, 3.05) is 13.2 Å². The number of hydrogen-bond acceptors (Lipinski definition) is 4. The van der Waals surface area contributed by atoms with Gasteiger partial charge in [-0.1, -0.05) is 6.08 Å². The average molecular weight is 314 g/mol. The quantitative estimate of drug-likeness (QED) is 0.626. The van der Waals surface area contributed by atoms with Crippen molar-refractivity contribution in [1.82, 2.24) is 0 Å². The Morgan fingerprint density at radius 2 is 2.14 bits per heavy atom. The molecular formula is C16H31NO3Si. The zero-order valence-electron chi connectivity index (χ0n) is 14.1. The van der Waals surface area contributed by atoms with E-state index in [1.165, 1.54) is 12.0 Å². The van der Waals surface area contributed by atoms with Crippen molar-refractivity contribution < 1.29 is 13.9 Å². The standard InChI is InChI=1S/C16H31NO3Si/c1-16(2)18-11-14(19-16)15(20-21(3,4)5)13-9-7-6-8-12(13)10-17/h9,12,14-15H,6-8,10-11,17H2,1-5H3/t12?,14-,15?/m1/s1. The zero-order chi connectivity index (χ0) is 15.7. The summed E-state index contributed by atoms with van der Waals surface area (Å²) in [6.45, 7) is 11.9. The Bertz CT molecular complexity index is 389. The number of hydrogen-bond donors (Lipinski definition) is 1.